The molecule has 4 rings (SSSR count). The summed E-state index contributed by atoms with van der Waals surface area (Å²) in [5.41, 5.74) is 3.03. The molecule has 406 valence electrons. The smallest absolute Gasteiger partial charge is 0.407 e. The number of carboxylic acid groups (broad SMARTS) is 6. The number of hydrogen-bond acceptors (Lipinski definition) is 17. The maximum atomic E-state index is 12.1. The Kier molecular flexibility index (Phi) is 23.8. The normalized spacial score (nSPS) is 10.9. The average molecular weight is 1160 g/mol. The first-order valence-corrected chi connectivity index (χ1v) is 24.5. The molecule has 0 saturated heterocycles. The number of halogens is 1. The lowest BCUT2D eigenvalue weighted by molar-refractivity contribution is -0.151. The minimum atomic E-state index is -2.00. The number of pyridine rings is 2. The third-order valence-corrected chi connectivity index (χ3v) is 11.6. The molecule has 2 aromatic carbocycles. The number of ether oxygens (including phenoxy) is 6. The third kappa shape index (κ3) is 18.9. The molecule has 2 aromatic heterocycles. The van der Waals surface area contributed by atoms with E-state index in [1.165, 1.54) is 52.7 Å². The molecule has 26 heteroatoms. The highest BCUT2D eigenvalue weighted by Gasteiger charge is 2.27. The lowest BCUT2D eigenvalue weighted by atomic mass is 10.0. The number of alkyl halides is 1. The number of methoxy groups -OCH3 is 4. The number of carboxylic acids is 5. The number of amides is 2. The van der Waals surface area contributed by atoms with Gasteiger partial charge in [-0.1, -0.05) is 35.4 Å². The van der Waals surface area contributed by atoms with Crippen LogP contribution >= 0.6 is 22.6 Å². The quantitative estimate of drug-likeness (QED) is 0.0141. The SMILES string of the molecule is COc1cc(OCC(=O)O)cc(OC)c1-c1cc(CCN(CC(=O)O)C(=O)O)nc(CN(CCCCCCNC(=O)CI)Cc2cc(-c3c(OC)cc(OCC(=O)O)cc3OC)cc(CNC(C(=O)O)C(=O)O)n2)c1. The summed E-state index contributed by atoms with van der Waals surface area (Å²) in [4.78, 5) is 94.6. The zero-order chi connectivity index (χ0) is 55.2. The minimum Gasteiger partial charge on any atom is -0.496 e. The summed E-state index contributed by atoms with van der Waals surface area (Å²) in [5.74, 6) is -6.11. The van der Waals surface area contributed by atoms with E-state index in [1.54, 1.807) is 24.3 Å². The van der Waals surface area contributed by atoms with Crippen LogP contribution in [0.2, 0.25) is 0 Å². The Morgan fingerprint density at radius 3 is 1.47 bits per heavy atom. The van der Waals surface area contributed by atoms with E-state index in [4.69, 9.17) is 38.4 Å². The van der Waals surface area contributed by atoms with Crippen LogP contribution in [-0.2, 0) is 54.8 Å². The Hall–Kier alpha value is -7.72. The Morgan fingerprint density at radius 2 is 1.04 bits per heavy atom. The highest BCUT2D eigenvalue weighted by Crippen LogP contribution is 2.44. The number of carbonyl (C=O) groups is 7. The first-order chi connectivity index (χ1) is 35.8. The van der Waals surface area contributed by atoms with Gasteiger partial charge in [-0.15, -0.1) is 0 Å². The number of benzene rings is 2. The molecule has 0 aliphatic carbocycles. The van der Waals surface area contributed by atoms with Crippen molar-refractivity contribution in [3.63, 3.8) is 0 Å². The summed E-state index contributed by atoms with van der Waals surface area (Å²) in [6.45, 7) is -1.63. The largest absolute Gasteiger partial charge is 0.496 e. The predicted octanol–water partition coefficient (Wildman–Crippen LogP) is 4.12. The van der Waals surface area contributed by atoms with Crippen molar-refractivity contribution in [2.75, 3.05) is 72.3 Å². The van der Waals surface area contributed by atoms with E-state index >= 15 is 0 Å². The molecule has 8 N–H and O–H groups in total. The van der Waals surface area contributed by atoms with Gasteiger partial charge < -0.3 is 64.4 Å². The summed E-state index contributed by atoms with van der Waals surface area (Å²) < 4.78 is 34.2. The van der Waals surface area contributed by atoms with Crippen LogP contribution in [0, 0.1) is 0 Å². The van der Waals surface area contributed by atoms with Crippen molar-refractivity contribution in [2.45, 2.75) is 57.8 Å². The van der Waals surface area contributed by atoms with Crippen LogP contribution in [0.25, 0.3) is 22.3 Å². The van der Waals surface area contributed by atoms with Gasteiger partial charge in [0.25, 0.3) is 0 Å². The number of nitrogens with one attached hydrogen (secondary N) is 2. The number of unbranched alkanes of at least 4 members (excludes halogenated alkanes) is 3. The van der Waals surface area contributed by atoms with Crippen LogP contribution in [0.1, 0.15) is 48.5 Å². The number of aromatic nitrogens is 2. The molecular weight excluding hydrogens is 1100 g/mol. The van der Waals surface area contributed by atoms with Gasteiger partial charge in [0.2, 0.25) is 11.9 Å². The van der Waals surface area contributed by atoms with Gasteiger partial charge in [0.15, 0.2) is 13.2 Å². The number of nitrogens with zero attached hydrogens (tertiary/aromatic N) is 4. The minimum absolute atomic E-state index is 0.0452. The fraction of sp³-hybridized carbons (Fsp3) is 0.408. The van der Waals surface area contributed by atoms with Crippen LogP contribution in [0.15, 0.2) is 48.5 Å². The van der Waals surface area contributed by atoms with Crippen molar-refractivity contribution >= 4 is 64.4 Å². The van der Waals surface area contributed by atoms with Crippen molar-refractivity contribution in [3.8, 4) is 56.8 Å². The van der Waals surface area contributed by atoms with Gasteiger partial charge in [-0.25, -0.2) is 24.0 Å². The van der Waals surface area contributed by atoms with Gasteiger partial charge in [-0.2, -0.15) is 0 Å². The van der Waals surface area contributed by atoms with Crippen molar-refractivity contribution in [1.29, 1.82) is 0 Å². The van der Waals surface area contributed by atoms with Crippen LogP contribution in [0.4, 0.5) is 4.79 Å². The molecule has 0 fully saturated rings. The maximum Gasteiger partial charge on any atom is 0.407 e. The lowest BCUT2D eigenvalue weighted by Crippen LogP contribution is -2.43. The van der Waals surface area contributed by atoms with Crippen LogP contribution in [0.3, 0.4) is 0 Å². The third-order valence-electron chi connectivity index (χ3n) is 11.0. The van der Waals surface area contributed by atoms with E-state index in [2.05, 4.69) is 10.6 Å². The highest BCUT2D eigenvalue weighted by atomic mass is 127. The first-order valence-electron chi connectivity index (χ1n) is 22.9. The van der Waals surface area contributed by atoms with Gasteiger partial charge in [-0.05, 0) is 54.8 Å². The molecule has 0 bridgehead atoms. The predicted molar refractivity (Wildman–Crippen MR) is 273 cm³/mol. The standard InChI is InChI=1S/C49H59IN6O19/c1-70-36-17-34(74-26-42(60)61)18-37(71-2)44(36)28-13-30(9-12-56(49(68)69)25-41(58)59)53-32(15-28)23-55(11-8-6-5-7-10-51-40(57)21-50)24-33-16-29(14-31(54-33)22-52-46(47(64)65)48(66)67)45-38(72-3)19-35(20-39(45)73-4)75-27-43(62)63/h13-20,46,52H,5-12,21-27H2,1-4H3,(H,51,57)(H,58,59)(H,60,61)(H,62,63)(H,64,65)(H,66,67)(H,68,69). The molecule has 0 atom stereocenters. The van der Waals surface area contributed by atoms with Crippen LogP contribution in [0.5, 0.6) is 34.5 Å². The molecule has 0 aliphatic heterocycles. The van der Waals surface area contributed by atoms with Gasteiger partial charge in [0.1, 0.15) is 41.0 Å². The molecule has 0 spiro atoms. The Bertz CT molecular complexity index is 2610. The monoisotopic (exact) mass is 1160 g/mol. The maximum absolute atomic E-state index is 12.1. The molecule has 75 heavy (non-hydrogen) atoms. The zero-order valence-electron chi connectivity index (χ0n) is 41.5. The topological polar surface area (TPSA) is 353 Å². The van der Waals surface area contributed by atoms with E-state index in [0.717, 1.165) is 17.7 Å². The molecule has 4 aromatic rings. The Morgan fingerprint density at radius 1 is 0.587 bits per heavy atom. The number of aliphatic carboxylic acids is 5. The number of rotatable bonds is 34. The molecular formula is C49H59IN6O19. The van der Waals surface area contributed by atoms with E-state index in [9.17, 15) is 64.2 Å². The summed E-state index contributed by atoms with van der Waals surface area (Å²) in [5, 5.41) is 62.5. The molecule has 25 nitrogen and oxygen atoms in total. The summed E-state index contributed by atoms with van der Waals surface area (Å²) in [7, 11) is 5.53. The fourth-order valence-corrected chi connectivity index (χ4v) is 7.94. The summed E-state index contributed by atoms with van der Waals surface area (Å²) in [6, 6.07) is 10.6. The van der Waals surface area contributed by atoms with Gasteiger partial charge >= 0.3 is 35.9 Å². The van der Waals surface area contributed by atoms with Crippen molar-refractivity contribution in [1.82, 2.24) is 30.4 Å². The average Bonchev–Trinajstić information content (AvgIpc) is 3.36. The molecule has 0 unspecified atom stereocenters. The van der Waals surface area contributed by atoms with Crippen molar-refractivity contribution in [3.05, 3.63) is 71.3 Å². The van der Waals surface area contributed by atoms with Crippen molar-refractivity contribution in [2.24, 2.45) is 0 Å². The number of carbonyl (C=O) groups excluding carboxylic acids is 1. The molecule has 0 saturated carbocycles. The second-order valence-electron chi connectivity index (χ2n) is 16.4. The molecule has 2 amide bonds. The van der Waals surface area contributed by atoms with E-state index in [-0.39, 0.29) is 78.7 Å². The Balaban J connectivity index is 1.91. The molecule has 2 heterocycles. The first kappa shape index (κ1) is 59.8. The fourth-order valence-electron chi connectivity index (χ4n) is 7.67. The summed E-state index contributed by atoms with van der Waals surface area (Å²) >= 11 is 1.98. The second kappa shape index (κ2) is 29.8. The van der Waals surface area contributed by atoms with Crippen LogP contribution < -0.4 is 39.1 Å². The van der Waals surface area contributed by atoms with E-state index < -0.39 is 61.7 Å². The highest BCUT2D eigenvalue weighted by molar-refractivity contribution is 14.1. The molecule has 0 radical (unpaired) electrons. The lowest BCUT2D eigenvalue weighted by Gasteiger charge is -2.24. The Labute approximate surface area is 443 Å². The van der Waals surface area contributed by atoms with Gasteiger partial charge in [0, 0.05) is 69.1 Å². The van der Waals surface area contributed by atoms with E-state index in [1.807, 2.05) is 27.5 Å². The van der Waals surface area contributed by atoms with Crippen LogP contribution in [-0.4, -0.2) is 171 Å². The summed E-state index contributed by atoms with van der Waals surface area (Å²) in [6.07, 6.45) is 1.33. The van der Waals surface area contributed by atoms with Crippen molar-refractivity contribution < 1.29 is 92.6 Å². The molecule has 0 aliphatic rings. The van der Waals surface area contributed by atoms with Gasteiger partial charge in [0.05, 0.1) is 61.1 Å². The van der Waals surface area contributed by atoms with E-state index in [0.29, 0.717) is 69.7 Å². The second-order valence-corrected chi connectivity index (χ2v) is 17.2. The zero-order valence-corrected chi connectivity index (χ0v) is 43.6. The number of hydrogen-bond donors (Lipinski definition) is 8. The van der Waals surface area contributed by atoms with Gasteiger partial charge in [-0.3, -0.25) is 34.7 Å².